The number of allylic oxidation sites excluding steroid dienone is 1. The van der Waals surface area contributed by atoms with Crippen LogP contribution in [-0.2, 0) is 0 Å². The summed E-state index contributed by atoms with van der Waals surface area (Å²) in [7, 11) is 0. The van der Waals surface area contributed by atoms with E-state index in [-0.39, 0.29) is 0 Å². The van der Waals surface area contributed by atoms with Crippen molar-refractivity contribution in [2.45, 2.75) is 6.92 Å². The van der Waals surface area contributed by atoms with Crippen molar-refractivity contribution in [3.63, 3.8) is 0 Å². The molecule has 0 radical (unpaired) electrons. The van der Waals surface area contributed by atoms with Crippen molar-refractivity contribution in [2.24, 2.45) is 11.6 Å². The maximum Gasteiger partial charge on any atom is 0.123 e. The van der Waals surface area contributed by atoms with Gasteiger partial charge in [-0.05, 0) is 29.5 Å². The second-order valence-electron chi connectivity index (χ2n) is 1.42. The van der Waals surface area contributed by atoms with Gasteiger partial charge in [-0.2, -0.15) is 0 Å². The molecule has 0 aliphatic rings. The van der Waals surface area contributed by atoms with E-state index in [1.165, 1.54) is 5.01 Å². The standard InChI is InChI=1S/C5H10IN3/c1-2-3-9(8)5(7)4-6/h2-4H,7-8H2,1H3/b3-2-,5-4-. The Morgan fingerprint density at radius 2 is 2.22 bits per heavy atom. The lowest BCUT2D eigenvalue weighted by molar-refractivity contribution is 0.487. The third-order valence-corrected chi connectivity index (χ3v) is 1.36. The van der Waals surface area contributed by atoms with Crippen LogP contribution in [0.5, 0.6) is 0 Å². The van der Waals surface area contributed by atoms with Crippen molar-refractivity contribution in [3.05, 3.63) is 22.2 Å². The van der Waals surface area contributed by atoms with Gasteiger partial charge in [0.2, 0.25) is 0 Å². The van der Waals surface area contributed by atoms with Gasteiger partial charge in [0, 0.05) is 10.3 Å². The lowest BCUT2D eigenvalue weighted by Crippen LogP contribution is -2.28. The number of rotatable bonds is 2. The summed E-state index contributed by atoms with van der Waals surface area (Å²) in [5.74, 6) is 5.92. The molecule has 0 aliphatic carbocycles. The highest BCUT2D eigenvalue weighted by Gasteiger charge is 1.90. The fourth-order valence-electron chi connectivity index (χ4n) is 0.303. The quantitative estimate of drug-likeness (QED) is 0.427. The van der Waals surface area contributed by atoms with Gasteiger partial charge in [0.05, 0.1) is 0 Å². The van der Waals surface area contributed by atoms with E-state index in [1.807, 2.05) is 35.6 Å². The number of hydrogen-bond acceptors (Lipinski definition) is 3. The van der Waals surface area contributed by atoms with Crippen LogP contribution in [-0.4, -0.2) is 5.01 Å². The highest BCUT2D eigenvalue weighted by Crippen LogP contribution is 1.94. The minimum absolute atomic E-state index is 0.536. The van der Waals surface area contributed by atoms with E-state index in [2.05, 4.69) is 0 Å². The number of nitrogens with zero attached hydrogens (tertiary/aromatic N) is 1. The SMILES string of the molecule is C/C=C\N(N)/C(N)=C\I. The smallest absolute Gasteiger partial charge is 0.123 e. The van der Waals surface area contributed by atoms with Crippen LogP contribution in [0.25, 0.3) is 0 Å². The van der Waals surface area contributed by atoms with Crippen molar-refractivity contribution in [1.82, 2.24) is 5.01 Å². The van der Waals surface area contributed by atoms with Crippen molar-refractivity contribution in [3.8, 4) is 0 Å². The molecule has 0 aromatic heterocycles. The number of hydrazine groups is 1. The van der Waals surface area contributed by atoms with Gasteiger partial charge >= 0.3 is 0 Å². The van der Waals surface area contributed by atoms with E-state index < -0.39 is 0 Å². The Balaban J connectivity index is 3.88. The van der Waals surface area contributed by atoms with Gasteiger partial charge in [-0.1, -0.05) is 6.08 Å². The summed E-state index contributed by atoms with van der Waals surface area (Å²) >= 11 is 2.03. The topological polar surface area (TPSA) is 55.3 Å². The zero-order valence-corrected chi connectivity index (χ0v) is 7.37. The molecule has 4 heteroatoms. The fourth-order valence-corrected chi connectivity index (χ4v) is 0.625. The number of halogens is 1. The van der Waals surface area contributed by atoms with E-state index in [0.717, 1.165) is 0 Å². The van der Waals surface area contributed by atoms with Crippen LogP contribution in [0.4, 0.5) is 0 Å². The molecule has 0 unspecified atom stereocenters. The first-order valence-corrected chi connectivity index (χ1v) is 3.69. The lowest BCUT2D eigenvalue weighted by atomic mass is 10.6. The van der Waals surface area contributed by atoms with Gasteiger partial charge in [0.25, 0.3) is 0 Å². The predicted octanol–water partition coefficient (Wildman–Crippen LogP) is 0.888. The molecule has 0 spiro atoms. The molecule has 0 aliphatic heterocycles. The summed E-state index contributed by atoms with van der Waals surface area (Å²) in [5, 5.41) is 1.35. The second kappa shape index (κ2) is 4.63. The van der Waals surface area contributed by atoms with Gasteiger partial charge in [-0.3, -0.25) is 5.01 Å². The molecule has 0 amide bonds. The van der Waals surface area contributed by atoms with Crippen molar-refractivity contribution < 1.29 is 0 Å². The zero-order chi connectivity index (χ0) is 7.28. The highest BCUT2D eigenvalue weighted by atomic mass is 127. The molecule has 4 N–H and O–H groups in total. The van der Waals surface area contributed by atoms with E-state index in [1.54, 1.807) is 10.3 Å². The molecule has 0 aromatic rings. The molecule has 0 heterocycles. The average molecular weight is 239 g/mol. The highest BCUT2D eigenvalue weighted by molar-refractivity contribution is 14.1. The van der Waals surface area contributed by atoms with Crippen LogP contribution in [0.2, 0.25) is 0 Å². The van der Waals surface area contributed by atoms with Crippen LogP contribution in [0.1, 0.15) is 6.92 Å². The monoisotopic (exact) mass is 239 g/mol. The van der Waals surface area contributed by atoms with Crippen LogP contribution < -0.4 is 11.6 Å². The lowest BCUT2D eigenvalue weighted by Gasteiger charge is -2.11. The van der Waals surface area contributed by atoms with Gasteiger partial charge in [0.1, 0.15) is 5.82 Å². The van der Waals surface area contributed by atoms with Crippen molar-refractivity contribution in [2.75, 3.05) is 0 Å². The van der Waals surface area contributed by atoms with Crippen LogP contribution in [0.15, 0.2) is 22.2 Å². The Kier molecular flexibility index (Phi) is 4.51. The number of hydrogen-bond donors (Lipinski definition) is 2. The van der Waals surface area contributed by atoms with Gasteiger partial charge < -0.3 is 5.73 Å². The molecule has 0 fully saturated rings. The minimum atomic E-state index is 0.536. The molecule has 0 aromatic carbocycles. The average Bonchev–Trinajstić information content (AvgIpc) is 1.87. The first-order chi connectivity index (χ1) is 4.22. The fraction of sp³-hybridized carbons (Fsp3) is 0.200. The molecule has 52 valence electrons. The van der Waals surface area contributed by atoms with Crippen LogP contribution >= 0.6 is 22.6 Å². The third kappa shape index (κ3) is 3.36. The maximum atomic E-state index is 5.41. The largest absolute Gasteiger partial charge is 0.384 e. The molecular formula is C5H10IN3. The van der Waals surface area contributed by atoms with E-state index in [9.17, 15) is 0 Å². The Labute approximate surface area is 68.5 Å². The van der Waals surface area contributed by atoms with E-state index in [0.29, 0.717) is 5.82 Å². The molecule has 9 heavy (non-hydrogen) atoms. The molecular weight excluding hydrogens is 229 g/mol. The maximum absolute atomic E-state index is 5.41. The third-order valence-electron chi connectivity index (χ3n) is 0.720. The first kappa shape index (κ1) is 8.77. The molecule has 0 bridgehead atoms. The summed E-state index contributed by atoms with van der Waals surface area (Å²) < 4.78 is 1.71. The molecule has 0 saturated heterocycles. The van der Waals surface area contributed by atoms with E-state index >= 15 is 0 Å². The van der Waals surface area contributed by atoms with Crippen LogP contribution in [0.3, 0.4) is 0 Å². The first-order valence-electron chi connectivity index (χ1n) is 2.45. The summed E-state index contributed by atoms with van der Waals surface area (Å²) in [6.45, 7) is 1.88. The van der Waals surface area contributed by atoms with Gasteiger partial charge in [-0.25, -0.2) is 5.84 Å². The van der Waals surface area contributed by atoms with Gasteiger partial charge in [0.15, 0.2) is 0 Å². The summed E-state index contributed by atoms with van der Waals surface area (Å²) in [5.41, 5.74) is 5.41. The van der Waals surface area contributed by atoms with Crippen molar-refractivity contribution in [1.29, 1.82) is 0 Å². The molecule has 3 nitrogen and oxygen atoms in total. The Morgan fingerprint density at radius 1 is 1.67 bits per heavy atom. The zero-order valence-electron chi connectivity index (χ0n) is 5.21. The number of nitrogens with two attached hydrogens (primary N) is 2. The second-order valence-corrected chi connectivity index (χ2v) is 2.05. The summed E-state index contributed by atoms with van der Waals surface area (Å²) in [4.78, 5) is 0. The van der Waals surface area contributed by atoms with Crippen molar-refractivity contribution >= 4 is 22.6 Å². The van der Waals surface area contributed by atoms with E-state index in [4.69, 9.17) is 11.6 Å². The van der Waals surface area contributed by atoms with Crippen LogP contribution in [0, 0.1) is 0 Å². The molecule has 0 saturated carbocycles. The summed E-state index contributed by atoms with van der Waals surface area (Å²) in [6.07, 6.45) is 3.50. The summed E-state index contributed by atoms with van der Waals surface area (Å²) in [6, 6.07) is 0. The Morgan fingerprint density at radius 3 is 2.56 bits per heavy atom. The Hall–Kier alpha value is -0.230. The van der Waals surface area contributed by atoms with Gasteiger partial charge in [-0.15, -0.1) is 0 Å². The normalized spacial score (nSPS) is 12.6. The predicted molar refractivity (Wildman–Crippen MR) is 47.1 cm³/mol. The minimum Gasteiger partial charge on any atom is -0.384 e. The molecule has 0 rings (SSSR count). The molecule has 0 atom stereocenters. The Bertz CT molecular complexity index is 130.